The summed E-state index contributed by atoms with van der Waals surface area (Å²) in [5, 5.41) is 19.0. The summed E-state index contributed by atoms with van der Waals surface area (Å²) < 4.78 is 5.01. The number of nitrogens with zero attached hydrogens (tertiary/aromatic N) is 1. The van der Waals surface area contributed by atoms with Crippen LogP contribution in [0.4, 0.5) is 0 Å². The first-order valence-electron chi connectivity index (χ1n) is 5.00. The largest absolute Gasteiger partial charge is 0.507 e. The quantitative estimate of drug-likeness (QED) is 0.802. The molecule has 2 rings (SSSR count). The van der Waals surface area contributed by atoms with Crippen molar-refractivity contribution in [3.8, 4) is 17.6 Å². The molecule has 1 N–H and O–H groups in total. The van der Waals surface area contributed by atoms with Gasteiger partial charge in [0.05, 0.1) is 18.6 Å². The molecule has 1 aromatic rings. The minimum Gasteiger partial charge on any atom is -0.507 e. The lowest BCUT2D eigenvalue weighted by Crippen LogP contribution is -2.32. The number of phenols is 1. The van der Waals surface area contributed by atoms with E-state index in [1.807, 2.05) is 0 Å². The molecular formula is C12H13NO2. The normalized spacial score (nSPS) is 17.6. The van der Waals surface area contributed by atoms with E-state index < -0.39 is 5.41 Å². The van der Waals surface area contributed by atoms with Gasteiger partial charge in [-0.2, -0.15) is 5.26 Å². The second-order valence-corrected chi connectivity index (χ2v) is 3.93. The lowest BCUT2D eigenvalue weighted by atomic mass is 9.65. The zero-order chi connectivity index (χ0) is 10.9. The van der Waals surface area contributed by atoms with E-state index in [2.05, 4.69) is 6.07 Å². The number of aromatic hydroxyl groups is 1. The van der Waals surface area contributed by atoms with Crippen molar-refractivity contribution in [1.82, 2.24) is 0 Å². The first-order valence-corrected chi connectivity index (χ1v) is 5.00. The summed E-state index contributed by atoms with van der Waals surface area (Å²) in [7, 11) is 1.55. The van der Waals surface area contributed by atoms with Crippen LogP contribution in [0.5, 0.6) is 11.5 Å². The van der Waals surface area contributed by atoms with Gasteiger partial charge in [-0.25, -0.2) is 0 Å². The maximum Gasteiger partial charge on any atom is 0.124 e. The minimum absolute atomic E-state index is 0.163. The van der Waals surface area contributed by atoms with E-state index >= 15 is 0 Å². The standard InChI is InChI=1S/C12H13NO2/c1-15-9-3-4-10(11(14)7-9)12(8-13)5-2-6-12/h3-4,7,14H,2,5-6H2,1H3. The lowest BCUT2D eigenvalue weighted by molar-refractivity contribution is 0.310. The van der Waals surface area contributed by atoms with Crippen molar-refractivity contribution in [2.24, 2.45) is 0 Å². The topological polar surface area (TPSA) is 53.2 Å². The Kier molecular flexibility index (Phi) is 2.28. The highest BCUT2D eigenvalue weighted by molar-refractivity contribution is 5.48. The van der Waals surface area contributed by atoms with Crippen LogP contribution in [0.15, 0.2) is 18.2 Å². The highest BCUT2D eigenvalue weighted by Gasteiger charge is 2.40. The second kappa shape index (κ2) is 3.47. The molecule has 0 bridgehead atoms. The molecule has 0 aromatic heterocycles. The third kappa shape index (κ3) is 1.42. The Bertz CT molecular complexity index is 416. The molecule has 1 aliphatic rings. The van der Waals surface area contributed by atoms with Crippen LogP contribution >= 0.6 is 0 Å². The van der Waals surface area contributed by atoms with Crippen molar-refractivity contribution >= 4 is 0 Å². The maximum atomic E-state index is 9.82. The van der Waals surface area contributed by atoms with Crippen LogP contribution in [0.1, 0.15) is 24.8 Å². The summed E-state index contributed by atoms with van der Waals surface area (Å²) in [5.74, 6) is 0.777. The molecule has 15 heavy (non-hydrogen) atoms. The summed E-state index contributed by atoms with van der Waals surface area (Å²) in [6.07, 6.45) is 2.73. The molecule has 1 aromatic carbocycles. The number of benzene rings is 1. The van der Waals surface area contributed by atoms with E-state index in [4.69, 9.17) is 10.00 Å². The molecule has 0 radical (unpaired) electrons. The number of phenolic OH excluding ortho intramolecular Hbond substituents is 1. The Hall–Kier alpha value is -1.69. The van der Waals surface area contributed by atoms with E-state index in [0.717, 1.165) is 24.8 Å². The van der Waals surface area contributed by atoms with Gasteiger partial charge in [0.1, 0.15) is 11.5 Å². The number of rotatable bonds is 2. The molecule has 0 spiro atoms. The van der Waals surface area contributed by atoms with Crippen molar-refractivity contribution in [3.63, 3.8) is 0 Å². The van der Waals surface area contributed by atoms with Gasteiger partial charge in [0, 0.05) is 11.6 Å². The molecular weight excluding hydrogens is 190 g/mol. The molecule has 0 aliphatic heterocycles. The monoisotopic (exact) mass is 203 g/mol. The number of methoxy groups -OCH3 is 1. The number of nitriles is 1. The van der Waals surface area contributed by atoms with Crippen molar-refractivity contribution in [3.05, 3.63) is 23.8 Å². The molecule has 1 fully saturated rings. The van der Waals surface area contributed by atoms with E-state index in [1.54, 1.807) is 25.3 Å². The van der Waals surface area contributed by atoms with Gasteiger partial charge in [0.2, 0.25) is 0 Å². The Morgan fingerprint density at radius 1 is 1.47 bits per heavy atom. The summed E-state index contributed by atoms with van der Waals surface area (Å²) in [6.45, 7) is 0. The zero-order valence-corrected chi connectivity index (χ0v) is 8.66. The van der Waals surface area contributed by atoms with E-state index in [1.165, 1.54) is 0 Å². The molecule has 78 valence electrons. The number of ether oxygens (including phenoxy) is 1. The molecule has 0 unspecified atom stereocenters. The van der Waals surface area contributed by atoms with Gasteiger partial charge < -0.3 is 9.84 Å². The van der Waals surface area contributed by atoms with Gasteiger partial charge in [-0.15, -0.1) is 0 Å². The fourth-order valence-electron chi connectivity index (χ4n) is 2.01. The van der Waals surface area contributed by atoms with Gasteiger partial charge in [-0.05, 0) is 25.3 Å². The Balaban J connectivity index is 2.41. The van der Waals surface area contributed by atoms with E-state index in [9.17, 15) is 5.11 Å². The molecule has 3 heteroatoms. The van der Waals surface area contributed by atoms with E-state index in [0.29, 0.717) is 5.75 Å². The third-order valence-electron chi connectivity index (χ3n) is 3.14. The molecule has 1 aliphatic carbocycles. The van der Waals surface area contributed by atoms with Gasteiger partial charge in [-0.1, -0.05) is 6.07 Å². The molecule has 3 nitrogen and oxygen atoms in total. The summed E-state index contributed by atoms with van der Waals surface area (Å²) in [6, 6.07) is 7.44. The first kappa shape index (κ1) is 9.85. The van der Waals surface area contributed by atoms with Crippen LogP contribution in [0.25, 0.3) is 0 Å². The molecule has 0 amide bonds. The molecule has 0 heterocycles. The first-order chi connectivity index (χ1) is 7.22. The van der Waals surface area contributed by atoms with Gasteiger partial charge >= 0.3 is 0 Å². The average molecular weight is 203 g/mol. The smallest absolute Gasteiger partial charge is 0.124 e. The second-order valence-electron chi connectivity index (χ2n) is 3.93. The van der Waals surface area contributed by atoms with Crippen molar-refractivity contribution in [2.75, 3.05) is 7.11 Å². The Morgan fingerprint density at radius 2 is 2.20 bits per heavy atom. The third-order valence-corrected chi connectivity index (χ3v) is 3.14. The van der Waals surface area contributed by atoms with Crippen LogP contribution in [0.3, 0.4) is 0 Å². The van der Waals surface area contributed by atoms with Crippen molar-refractivity contribution in [2.45, 2.75) is 24.7 Å². The van der Waals surface area contributed by atoms with Crippen LogP contribution in [-0.2, 0) is 5.41 Å². The zero-order valence-electron chi connectivity index (χ0n) is 8.66. The predicted octanol–water partition coefficient (Wildman–Crippen LogP) is 2.35. The van der Waals surface area contributed by atoms with Gasteiger partial charge in [0.25, 0.3) is 0 Å². The fraction of sp³-hybridized carbons (Fsp3) is 0.417. The average Bonchev–Trinajstić information content (AvgIpc) is 2.19. The van der Waals surface area contributed by atoms with Crippen LogP contribution in [0, 0.1) is 11.3 Å². The summed E-state index contributed by atoms with van der Waals surface area (Å²) in [5.41, 5.74) is 0.271. The lowest BCUT2D eigenvalue weighted by Gasteiger charge is -2.35. The number of hydrogen-bond donors (Lipinski definition) is 1. The summed E-state index contributed by atoms with van der Waals surface area (Å²) in [4.78, 5) is 0. The Labute approximate surface area is 88.9 Å². The predicted molar refractivity (Wildman–Crippen MR) is 55.8 cm³/mol. The van der Waals surface area contributed by atoms with Crippen LogP contribution in [-0.4, -0.2) is 12.2 Å². The van der Waals surface area contributed by atoms with Crippen LogP contribution < -0.4 is 4.74 Å². The SMILES string of the molecule is COc1ccc(C2(C#N)CCC2)c(O)c1. The van der Waals surface area contributed by atoms with Gasteiger partial charge in [0.15, 0.2) is 0 Å². The van der Waals surface area contributed by atoms with Crippen molar-refractivity contribution < 1.29 is 9.84 Å². The maximum absolute atomic E-state index is 9.82. The summed E-state index contributed by atoms with van der Waals surface area (Å²) >= 11 is 0. The molecule has 0 saturated heterocycles. The van der Waals surface area contributed by atoms with Crippen LogP contribution in [0.2, 0.25) is 0 Å². The molecule has 1 saturated carbocycles. The minimum atomic E-state index is -0.462. The highest BCUT2D eigenvalue weighted by Crippen LogP contribution is 2.46. The van der Waals surface area contributed by atoms with Gasteiger partial charge in [-0.3, -0.25) is 0 Å². The fourth-order valence-corrected chi connectivity index (χ4v) is 2.01. The Morgan fingerprint density at radius 3 is 2.60 bits per heavy atom. The van der Waals surface area contributed by atoms with E-state index in [-0.39, 0.29) is 5.75 Å². The molecule has 0 atom stereocenters. The highest BCUT2D eigenvalue weighted by atomic mass is 16.5. The number of hydrogen-bond acceptors (Lipinski definition) is 3. The van der Waals surface area contributed by atoms with Crippen molar-refractivity contribution in [1.29, 1.82) is 5.26 Å².